The Morgan fingerprint density at radius 2 is 1.97 bits per heavy atom. The van der Waals surface area contributed by atoms with Crippen LogP contribution in [0.1, 0.15) is 24.5 Å². The molecule has 1 heterocycles. The number of nitrogens with one attached hydrogen (secondary N) is 2. The lowest BCUT2D eigenvalue weighted by Gasteiger charge is -2.04. The maximum atomic E-state index is 13.7. The summed E-state index contributed by atoms with van der Waals surface area (Å²) in [6.45, 7) is 2.17. The second-order valence-electron chi connectivity index (χ2n) is 7.04. The van der Waals surface area contributed by atoms with Crippen LogP contribution in [0, 0.1) is 5.82 Å². The fraction of sp³-hybridized carbons (Fsp3) is 0.208. The summed E-state index contributed by atoms with van der Waals surface area (Å²) in [4.78, 5) is 27.5. The first-order valence-corrected chi connectivity index (χ1v) is 10.9. The summed E-state index contributed by atoms with van der Waals surface area (Å²) < 4.78 is 18.6. The average Bonchev–Trinajstić information content (AvgIpc) is 3.24. The number of ether oxygens (including phenoxy) is 1. The quantitative estimate of drug-likeness (QED) is 0.364. The van der Waals surface area contributed by atoms with Crippen LogP contribution < -0.4 is 15.4 Å². The summed E-state index contributed by atoms with van der Waals surface area (Å²) in [5, 5.41) is 7.87. The van der Waals surface area contributed by atoms with E-state index in [1.54, 1.807) is 6.07 Å². The number of benzene rings is 2. The van der Waals surface area contributed by atoms with Crippen molar-refractivity contribution < 1.29 is 18.7 Å². The molecule has 2 aromatic carbocycles. The third kappa shape index (κ3) is 6.75. The number of aromatic nitrogens is 1. The largest absolute Gasteiger partial charge is 0.494 e. The van der Waals surface area contributed by atoms with Gasteiger partial charge in [-0.1, -0.05) is 30.3 Å². The first kappa shape index (κ1) is 23.1. The third-order valence-corrected chi connectivity index (χ3v) is 5.36. The first-order chi connectivity index (χ1) is 15.4. The number of rotatable bonds is 9. The lowest BCUT2D eigenvalue weighted by atomic mass is 10.1. The van der Waals surface area contributed by atoms with E-state index in [4.69, 9.17) is 4.74 Å². The molecule has 1 aromatic heterocycles. The molecule has 166 valence electrons. The van der Waals surface area contributed by atoms with Crippen molar-refractivity contribution in [2.75, 3.05) is 19.0 Å². The van der Waals surface area contributed by atoms with E-state index in [1.165, 1.54) is 55.2 Å². The molecule has 0 aliphatic heterocycles. The average molecular weight is 454 g/mol. The van der Waals surface area contributed by atoms with Gasteiger partial charge in [-0.2, -0.15) is 0 Å². The van der Waals surface area contributed by atoms with Gasteiger partial charge in [0.2, 0.25) is 11.8 Å². The van der Waals surface area contributed by atoms with Gasteiger partial charge in [0.05, 0.1) is 12.8 Å². The van der Waals surface area contributed by atoms with Gasteiger partial charge in [0.25, 0.3) is 0 Å². The van der Waals surface area contributed by atoms with Gasteiger partial charge in [0.15, 0.2) is 16.7 Å². The smallest absolute Gasteiger partial charge is 0.250 e. The number of hydrogen-bond acceptors (Lipinski definition) is 5. The molecule has 0 spiro atoms. The number of anilines is 1. The van der Waals surface area contributed by atoms with Crippen LogP contribution in [-0.2, 0) is 16.0 Å². The molecule has 0 fully saturated rings. The summed E-state index contributed by atoms with van der Waals surface area (Å²) in [5.74, 6) is -0.702. The Morgan fingerprint density at radius 1 is 1.19 bits per heavy atom. The molecule has 2 N–H and O–H groups in total. The summed E-state index contributed by atoms with van der Waals surface area (Å²) in [6.07, 6.45) is 4.61. The second kappa shape index (κ2) is 11.2. The number of methoxy groups -OCH3 is 1. The molecular formula is C24H24FN3O3S. The lowest BCUT2D eigenvalue weighted by Crippen LogP contribution is -2.21. The summed E-state index contributed by atoms with van der Waals surface area (Å²) >= 11 is 1.33. The molecule has 3 aromatic rings. The molecule has 0 radical (unpaired) electrons. The van der Waals surface area contributed by atoms with Crippen LogP contribution in [-0.4, -0.2) is 30.5 Å². The number of hydrogen-bond donors (Lipinski definition) is 2. The minimum Gasteiger partial charge on any atom is -0.494 e. The fourth-order valence-corrected chi connectivity index (χ4v) is 3.69. The van der Waals surface area contributed by atoms with E-state index in [-0.39, 0.29) is 17.6 Å². The minimum absolute atomic E-state index is 0.0168. The zero-order valence-corrected chi connectivity index (χ0v) is 18.7. The molecule has 0 bridgehead atoms. The van der Waals surface area contributed by atoms with Crippen molar-refractivity contribution in [2.24, 2.45) is 0 Å². The predicted octanol–water partition coefficient (Wildman–Crippen LogP) is 4.68. The molecule has 0 unspecified atom stereocenters. The molecule has 8 heteroatoms. The Hall–Kier alpha value is -3.52. The standard InChI is InChI=1S/C24H24FN3O3S/c1-16(29)26-13-3-4-17-5-9-19(10-6-17)21-15-32-24(27-21)28-23(30)12-8-18-7-11-22(31-2)20(25)14-18/h5-12,14-15H,3-4,13H2,1-2H3,(H,26,29)(H,27,28,30)/b12-8+. The van der Waals surface area contributed by atoms with Gasteiger partial charge in [-0.3, -0.25) is 14.9 Å². The van der Waals surface area contributed by atoms with E-state index in [2.05, 4.69) is 15.6 Å². The Kier molecular flexibility index (Phi) is 8.10. The molecule has 32 heavy (non-hydrogen) atoms. The highest BCUT2D eigenvalue weighted by Crippen LogP contribution is 2.25. The number of carbonyl (C=O) groups is 2. The number of aryl methyl sites for hydroxylation is 1. The minimum atomic E-state index is -0.488. The molecule has 0 saturated carbocycles. The van der Waals surface area contributed by atoms with Crippen LogP contribution in [0.3, 0.4) is 0 Å². The Bertz CT molecular complexity index is 1110. The second-order valence-corrected chi connectivity index (χ2v) is 7.90. The summed E-state index contributed by atoms with van der Waals surface area (Å²) in [7, 11) is 1.40. The Morgan fingerprint density at radius 3 is 2.66 bits per heavy atom. The third-order valence-electron chi connectivity index (χ3n) is 4.60. The molecular weight excluding hydrogens is 429 g/mol. The lowest BCUT2D eigenvalue weighted by molar-refractivity contribution is -0.119. The van der Waals surface area contributed by atoms with Crippen LogP contribution in [0.5, 0.6) is 5.75 Å². The summed E-state index contributed by atoms with van der Waals surface area (Å²) in [5.41, 5.74) is 3.46. The van der Waals surface area contributed by atoms with Crippen LogP contribution in [0.4, 0.5) is 9.52 Å². The van der Waals surface area contributed by atoms with Crippen molar-refractivity contribution in [3.05, 3.63) is 70.9 Å². The number of carbonyl (C=O) groups excluding carboxylic acids is 2. The van der Waals surface area contributed by atoms with Crippen molar-refractivity contribution in [3.8, 4) is 17.0 Å². The highest BCUT2D eigenvalue weighted by Gasteiger charge is 2.07. The number of amides is 2. The van der Waals surface area contributed by atoms with Gasteiger partial charge in [-0.05, 0) is 42.2 Å². The fourth-order valence-electron chi connectivity index (χ4n) is 2.97. The molecule has 0 aliphatic carbocycles. The first-order valence-electron chi connectivity index (χ1n) is 10.1. The predicted molar refractivity (Wildman–Crippen MR) is 125 cm³/mol. The van der Waals surface area contributed by atoms with Crippen molar-refractivity contribution in [1.29, 1.82) is 0 Å². The van der Waals surface area contributed by atoms with Crippen molar-refractivity contribution in [1.82, 2.24) is 10.3 Å². The maximum Gasteiger partial charge on any atom is 0.250 e. The number of thiazole rings is 1. The van der Waals surface area contributed by atoms with Crippen molar-refractivity contribution in [2.45, 2.75) is 19.8 Å². The van der Waals surface area contributed by atoms with E-state index >= 15 is 0 Å². The molecule has 0 atom stereocenters. The molecule has 0 aliphatic rings. The zero-order valence-electron chi connectivity index (χ0n) is 17.9. The SMILES string of the molecule is COc1ccc(/C=C/C(=O)Nc2nc(-c3ccc(CCCNC(C)=O)cc3)cs2)cc1F. The van der Waals surface area contributed by atoms with E-state index in [9.17, 15) is 14.0 Å². The van der Waals surface area contributed by atoms with Gasteiger partial charge in [-0.25, -0.2) is 9.37 Å². The highest BCUT2D eigenvalue weighted by atomic mass is 32.1. The number of nitrogens with zero attached hydrogens (tertiary/aromatic N) is 1. The summed E-state index contributed by atoms with van der Waals surface area (Å²) in [6, 6.07) is 12.5. The molecule has 3 rings (SSSR count). The Balaban J connectivity index is 1.54. The molecule has 6 nitrogen and oxygen atoms in total. The van der Waals surface area contributed by atoms with Gasteiger partial charge < -0.3 is 10.1 Å². The van der Waals surface area contributed by atoms with E-state index in [0.29, 0.717) is 17.2 Å². The maximum absolute atomic E-state index is 13.7. The van der Waals surface area contributed by atoms with Crippen LogP contribution >= 0.6 is 11.3 Å². The highest BCUT2D eigenvalue weighted by molar-refractivity contribution is 7.14. The zero-order chi connectivity index (χ0) is 22.9. The van der Waals surface area contributed by atoms with Crippen LogP contribution in [0.25, 0.3) is 17.3 Å². The van der Waals surface area contributed by atoms with Gasteiger partial charge >= 0.3 is 0 Å². The number of halogens is 1. The van der Waals surface area contributed by atoms with E-state index in [0.717, 1.165) is 24.1 Å². The van der Waals surface area contributed by atoms with Gasteiger partial charge in [0, 0.05) is 30.5 Å². The van der Waals surface area contributed by atoms with Crippen LogP contribution in [0.2, 0.25) is 0 Å². The van der Waals surface area contributed by atoms with Gasteiger partial charge in [-0.15, -0.1) is 11.3 Å². The van der Waals surface area contributed by atoms with Crippen molar-refractivity contribution >= 4 is 34.4 Å². The van der Waals surface area contributed by atoms with Gasteiger partial charge in [0.1, 0.15) is 0 Å². The van der Waals surface area contributed by atoms with Crippen molar-refractivity contribution in [3.63, 3.8) is 0 Å². The molecule has 2 amide bonds. The van der Waals surface area contributed by atoms with Crippen LogP contribution in [0.15, 0.2) is 53.9 Å². The van der Waals surface area contributed by atoms with E-state index in [1.807, 2.05) is 29.6 Å². The van der Waals surface area contributed by atoms with E-state index < -0.39 is 5.82 Å². The Labute approximate surface area is 190 Å². The normalized spacial score (nSPS) is 10.8. The molecule has 0 saturated heterocycles. The monoisotopic (exact) mass is 453 g/mol. The topological polar surface area (TPSA) is 80.3 Å².